The summed E-state index contributed by atoms with van der Waals surface area (Å²) < 4.78 is 9.83. The zero-order valence-corrected chi connectivity index (χ0v) is 10.6. The second-order valence-electron chi connectivity index (χ2n) is 3.54. The van der Waals surface area contributed by atoms with E-state index in [4.69, 9.17) is 9.47 Å². The summed E-state index contributed by atoms with van der Waals surface area (Å²) in [6, 6.07) is 0. The van der Waals surface area contributed by atoms with Crippen LogP contribution in [0.15, 0.2) is 11.6 Å². The molecule has 0 aromatic heterocycles. The molecule has 0 bridgehead atoms. The van der Waals surface area contributed by atoms with Crippen molar-refractivity contribution in [2.45, 2.75) is 34.6 Å². The van der Waals surface area contributed by atoms with E-state index in [1.807, 2.05) is 0 Å². The molecule has 0 fully saturated rings. The Bertz CT molecular complexity index is 273. The number of carbonyl (C=O) groups is 2. The Labute approximate surface area is 96.6 Å². The first-order valence-corrected chi connectivity index (χ1v) is 5.42. The Morgan fingerprint density at radius 3 is 1.75 bits per heavy atom. The maximum Gasteiger partial charge on any atom is 0.327 e. The lowest BCUT2D eigenvalue weighted by atomic mass is 9.82. The van der Waals surface area contributed by atoms with Crippen molar-refractivity contribution < 1.29 is 19.1 Å². The minimum atomic E-state index is -1.33. The van der Waals surface area contributed by atoms with Gasteiger partial charge < -0.3 is 9.47 Å². The molecule has 0 atom stereocenters. The summed E-state index contributed by atoms with van der Waals surface area (Å²) in [7, 11) is 0. The molecule has 0 N–H and O–H groups in total. The van der Waals surface area contributed by atoms with E-state index in [2.05, 4.69) is 0 Å². The molecule has 92 valence electrons. The first kappa shape index (κ1) is 14.7. The smallest absolute Gasteiger partial charge is 0.327 e. The van der Waals surface area contributed by atoms with Crippen LogP contribution in [0, 0.1) is 5.41 Å². The van der Waals surface area contributed by atoms with Gasteiger partial charge in [0.1, 0.15) is 0 Å². The number of ether oxygens (including phenoxy) is 2. The highest BCUT2D eigenvalue weighted by atomic mass is 16.6. The van der Waals surface area contributed by atoms with Gasteiger partial charge >= 0.3 is 11.9 Å². The number of rotatable bonds is 5. The zero-order chi connectivity index (χ0) is 12.8. The lowest BCUT2D eigenvalue weighted by molar-refractivity contribution is -0.167. The molecular formula is C12H20O4. The molecule has 0 aromatic rings. The predicted octanol–water partition coefficient (Wildman–Crippen LogP) is 2.09. The molecule has 4 nitrogen and oxygen atoms in total. The van der Waals surface area contributed by atoms with E-state index in [1.165, 1.54) is 6.92 Å². The molecule has 0 unspecified atom stereocenters. The first-order valence-electron chi connectivity index (χ1n) is 5.42. The maximum atomic E-state index is 11.8. The first-order chi connectivity index (χ1) is 7.44. The van der Waals surface area contributed by atoms with Crippen LogP contribution in [0.2, 0.25) is 0 Å². The van der Waals surface area contributed by atoms with Crippen LogP contribution in [0.25, 0.3) is 0 Å². The van der Waals surface area contributed by atoms with Crippen molar-refractivity contribution in [3.8, 4) is 0 Å². The van der Waals surface area contributed by atoms with E-state index in [-0.39, 0.29) is 13.2 Å². The van der Waals surface area contributed by atoms with Gasteiger partial charge in [0, 0.05) is 0 Å². The number of allylic oxidation sites excluding steroid dienone is 1. The molecule has 0 aliphatic rings. The Balaban J connectivity index is 5.19. The van der Waals surface area contributed by atoms with Crippen LogP contribution in [0.5, 0.6) is 0 Å². The van der Waals surface area contributed by atoms with Crippen molar-refractivity contribution in [1.29, 1.82) is 0 Å². The van der Waals surface area contributed by atoms with Crippen LogP contribution in [0.3, 0.4) is 0 Å². The Kier molecular flexibility index (Phi) is 5.78. The van der Waals surface area contributed by atoms with Gasteiger partial charge in [0.2, 0.25) is 0 Å². The van der Waals surface area contributed by atoms with E-state index in [0.717, 1.165) is 0 Å². The van der Waals surface area contributed by atoms with E-state index in [0.29, 0.717) is 5.57 Å². The normalized spacial score (nSPS) is 12.2. The largest absolute Gasteiger partial charge is 0.465 e. The molecule has 0 amide bonds. The van der Waals surface area contributed by atoms with Crippen molar-refractivity contribution in [1.82, 2.24) is 0 Å². The molecule has 0 heterocycles. The number of hydrogen-bond donors (Lipinski definition) is 0. The molecule has 0 aliphatic carbocycles. The van der Waals surface area contributed by atoms with Crippen LogP contribution in [-0.4, -0.2) is 25.2 Å². The fourth-order valence-electron chi connectivity index (χ4n) is 1.24. The van der Waals surface area contributed by atoms with Crippen LogP contribution in [0.4, 0.5) is 0 Å². The lowest BCUT2D eigenvalue weighted by Crippen LogP contribution is -2.40. The second-order valence-corrected chi connectivity index (χ2v) is 3.54. The average Bonchev–Trinajstić information content (AvgIpc) is 2.27. The van der Waals surface area contributed by atoms with E-state index < -0.39 is 17.4 Å². The van der Waals surface area contributed by atoms with Crippen molar-refractivity contribution in [2.75, 3.05) is 13.2 Å². The summed E-state index contributed by atoms with van der Waals surface area (Å²) in [5.41, 5.74) is -0.703. The minimum Gasteiger partial charge on any atom is -0.465 e. The van der Waals surface area contributed by atoms with Gasteiger partial charge in [0.25, 0.3) is 0 Å². The Hall–Kier alpha value is -1.32. The molecule has 4 heteroatoms. The monoisotopic (exact) mass is 228 g/mol. The Morgan fingerprint density at radius 2 is 1.50 bits per heavy atom. The second kappa shape index (κ2) is 6.30. The van der Waals surface area contributed by atoms with E-state index >= 15 is 0 Å². The molecule has 0 rings (SSSR count). The van der Waals surface area contributed by atoms with Gasteiger partial charge in [-0.3, -0.25) is 9.59 Å². The van der Waals surface area contributed by atoms with Gasteiger partial charge in [0.15, 0.2) is 5.41 Å². The molecule has 0 saturated carbocycles. The van der Waals surface area contributed by atoms with Gasteiger partial charge in [0.05, 0.1) is 13.2 Å². The van der Waals surface area contributed by atoms with Crippen LogP contribution < -0.4 is 0 Å². The lowest BCUT2D eigenvalue weighted by Gasteiger charge is -2.25. The third-order valence-electron chi connectivity index (χ3n) is 2.59. The van der Waals surface area contributed by atoms with Gasteiger partial charge in [-0.2, -0.15) is 0 Å². The standard InChI is InChI=1S/C12H20O4/c1-6-9(4)12(5,10(13)15-7-2)11(14)16-8-3/h6H,7-8H2,1-5H3. The molecule has 0 aliphatic heterocycles. The van der Waals surface area contributed by atoms with E-state index in [9.17, 15) is 9.59 Å². The highest BCUT2D eigenvalue weighted by molar-refractivity contribution is 6.02. The third-order valence-corrected chi connectivity index (χ3v) is 2.59. The predicted molar refractivity (Wildman–Crippen MR) is 60.8 cm³/mol. The average molecular weight is 228 g/mol. The summed E-state index contributed by atoms with van der Waals surface area (Å²) in [5.74, 6) is -1.13. The SMILES string of the molecule is CC=C(C)C(C)(C(=O)OCC)C(=O)OCC. The number of hydrogen-bond acceptors (Lipinski definition) is 4. The summed E-state index contributed by atoms with van der Waals surface area (Å²) in [6.45, 7) is 8.90. The molecule has 16 heavy (non-hydrogen) atoms. The summed E-state index contributed by atoms with van der Waals surface area (Å²) in [5, 5.41) is 0. The quantitative estimate of drug-likeness (QED) is 0.411. The third kappa shape index (κ3) is 2.84. The molecular weight excluding hydrogens is 208 g/mol. The van der Waals surface area contributed by atoms with Gasteiger partial charge in [-0.15, -0.1) is 0 Å². The van der Waals surface area contributed by atoms with Crippen molar-refractivity contribution >= 4 is 11.9 Å². The summed E-state index contributed by atoms with van der Waals surface area (Å²) in [6.07, 6.45) is 1.72. The fourth-order valence-corrected chi connectivity index (χ4v) is 1.24. The molecule has 0 radical (unpaired) electrons. The van der Waals surface area contributed by atoms with Crippen LogP contribution >= 0.6 is 0 Å². The van der Waals surface area contributed by atoms with Crippen molar-refractivity contribution in [3.63, 3.8) is 0 Å². The van der Waals surface area contributed by atoms with Crippen molar-refractivity contribution in [3.05, 3.63) is 11.6 Å². The highest BCUT2D eigenvalue weighted by Crippen LogP contribution is 2.30. The molecule has 0 spiro atoms. The van der Waals surface area contributed by atoms with Crippen LogP contribution in [0.1, 0.15) is 34.6 Å². The number of esters is 2. The topological polar surface area (TPSA) is 52.6 Å². The van der Waals surface area contributed by atoms with Crippen molar-refractivity contribution in [2.24, 2.45) is 5.41 Å². The number of carbonyl (C=O) groups excluding carboxylic acids is 2. The molecule has 0 aromatic carbocycles. The van der Waals surface area contributed by atoms with Gasteiger partial charge in [-0.05, 0) is 40.2 Å². The maximum absolute atomic E-state index is 11.8. The summed E-state index contributed by atoms with van der Waals surface area (Å²) >= 11 is 0. The van der Waals surface area contributed by atoms with Crippen LogP contribution in [-0.2, 0) is 19.1 Å². The Morgan fingerprint density at radius 1 is 1.12 bits per heavy atom. The summed E-state index contributed by atoms with van der Waals surface area (Å²) in [4.78, 5) is 23.6. The zero-order valence-electron chi connectivity index (χ0n) is 10.6. The molecule has 0 saturated heterocycles. The highest BCUT2D eigenvalue weighted by Gasteiger charge is 2.45. The van der Waals surface area contributed by atoms with Gasteiger partial charge in [-0.25, -0.2) is 0 Å². The van der Waals surface area contributed by atoms with Gasteiger partial charge in [-0.1, -0.05) is 6.08 Å². The fraction of sp³-hybridized carbons (Fsp3) is 0.667. The van der Waals surface area contributed by atoms with E-state index in [1.54, 1.807) is 33.8 Å². The minimum absolute atomic E-state index is 0.241.